The minimum Gasteiger partial charge on any atom is -0.496 e. The van der Waals surface area contributed by atoms with Crippen molar-refractivity contribution in [1.82, 2.24) is 0 Å². The number of methoxy groups -OCH3 is 1. The zero-order valence-corrected chi connectivity index (χ0v) is 8.23. The molecular formula is C11H14O3. The van der Waals surface area contributed by atoms with Gasteiger partial charge in [0.25, 0.3) is 0 Å². The molecule has 0 amide bonds. The normalized spacial score (nSPS) is 21.9. The molecule has 1 unspecified atom stereocenters. The van der Waals surface area contributed by atoms with Gasteiger partial charge in [0.2, 0.25) is 0 Å². The lowest BCUT2D eigenvalue weighted by Gasteiger charge is -2.22. The van der Waals surface area contributed by atoms with E-state index in [0.717, 1.165) is 24.2 Å². The molecule has 1 aliphatic rings. The molecule has 76 valence electrons. The van der Waals surface area contributed by atoms with Crippen LogP contribution in [0.15, 0.2) is 24.3 Å². The second-order valence-corrected chi connectivity index (χ2v) is 3.29. The highest BCUT2D eigenvalue weighted by atomic mass is 17.2. The average molecular weight is 194 g/mol. The van der Waals surface area contributed by atoms with Gasteiger partial charge in [-0.25, -0.2) is 9.78 Å². The number of ether oxygens (including phenoxy) is 1. The van der Waals surface area contributed by atoms with Crippen molar-refractivity contribution < 1.29 is 14.5 Å². The predicted molar refractivity (Wildman–Crippen MR) is 52.0 cm³/mol. The van der Waals surface area contributed by atoms with Crippen molar-refractivity contribution >= 4 is 0 Å². The summed E-state index contributed by atoms with van der Waals surface area (Å²) in [6, 6.07) is 7.88. The van der Waals surface area contributed by atoms with E-state index in [1.807, 2.05) is 24.3 Å². The van der Waals surface area contributed by atoms with Crippen LogP contribution < -0.4 is 4.74 Å². The smallest absolute Gasteiger partial charge is 0.124 e. The summed E-state index contributed by atoms with van der Waals surface area (Å²) in [5, 5.41) is 0. The van der Waals surface area contributed by atoms with Gasteiger partial charge in [-0.1, -0.05) is 18.2 Å². The molecule has 0 aliphatic carbocycles. The van der Waals surface area contributed by atoms with Gasteiger partial charge in [0, 0.05) is 5.56 Å². The Balaban J connectivity index is 2.20. The quantitative estimate of drug-likeness (QED) is 0.677. The van der Waals surface area contributed by atoms with Gasteiger partial charge in [-0.3, -0.25) is 0 Å². The van der Waals surface area contributed by atoms with Crippen molar-refractivity contribution in [3.8, 4) is 5.75 Å². The van der Waals surface area contributed by atoms with E-state index in [4.69, 9.17) is 14.5 Å². The first-order valence-corrected chi connectivity index (χ1v) is 4.83. The van der Waals surface area contributed by atoms with E-state index >= 15 is 0 Å². The van der Waals surface area contributed by atoms with Gasteiger partial charge in [0.05, 0.1) is 13.7 Å². The number of hydrogen-bond donors (Lipinski definition) is 0. The van der Waals surface area contributed by atoms with E-state index in [1.54, 1.807) is 7.11 Å². The van der Waals surface area contributed by atoms with Gasteiger partial charge in [-0.05, 0) is 18.9 Å². The van der Waals surface area contributed by atoms with Gasteiger partial charge in [-0.2, -0.15) is 0 Å². The van der Waals surface area contributed by atoms with E-state index in [-0.39, 0.29) is 6.10 Å². The predicted octanol–water partition coefficient (Wildman–Crippen LogP) is 2.48. The van der Waals surface area contributed by atoms with Crippen LogP contribution in [0.5, 0.6) is 5.75 Å². The first kappa shape index (κ1) is 9.49. The average Bonchev–Trinajstić information content (AvgIpc) is 2.30. The highest BCUT2D eigenvalue weighted by molar-refractivity contribution is 5.35. The molecule has 0 bridgehead atoms. The highest BCUT2D eigenvalue weighted by Gasteiger charge is 2.20. The zero-order valence-electron chi connectivity index (χ0n) is 8.23. The maximum atomic E-state index is 5.26. The number of benzene rings is 1. The number of hydrogen-bond acceptors (Lipinski definition) is 3. The Morgan fingerprint density at radius 1 is 1.36 bits per heavy atom. The molecule has 0 saturated carbocycles. The summed E-state index contributed by atoms with van der Waals surface area (Å²) in [5.74, 6) is 0.864. The van der Waals surface area contributed by atoms with Crippen LogP contribution >= 0.6 is 0 Å². The van der Waals surface area contributed by atoms with Crippen LogP contribution in [0.25, 0.3) is 0 Å². The molecule has 1 aliphatic heterocycles. The minimum absolute atomic E-state index is 0.0138. The van der Waals surface area contributed by atoms with E-state index < -0.39 is 0 Å². The van der Waals surface area contributed by atoms with Gasteiger partial charge in [0.1, 0.15) is 11.9 Å². The fourth-order valence-corrected chi connectivity index (χ4v) is 1.65. The monoisotopic (exact) mass is 194 g/mol. The fourth-order valence-electron chi connectivity index (χ4n) is 1.65. The van der Waals surface area contributed by atoms with Crippen LogP contribution in [0.4, 0.5) is 0 Å². The molecule has 0 spiro atoms. The third-order valence-electron chi connectivity index (χ3n) is 2.36. The molecule has 1 aromatic rings. The lowest BCUT2D eigenvalue weighted by atomic mass is 10.0. The Labute approximate surface area is 83.5 Å². The van der Waals surface area contributed by atoms with Crippen LogP contribution in [0.3, 0.4) is 0 Å². The van der Waals surface area contributed by atoms with E-state index in [2.05, 4.69) is 0 Å². The fraction of sp³-hybridized carbons (Fsp3) is 0.455. The van der Waals surface area contributed by atoms with Crippen molar-refractivity contribution in [3.05, 3.63) is 29.8 Å². The van der Waals surface area contributed by atoms with Crippen molar-refractivity contribution in [2.45, 2.75) is 18.9 Å². The third-order valence-corrected chi connectivity index (χ3v) is 2.36. The van der Waals surface area contributed by atoms with Crippen LogP contribution in [0.1, 0.15) is 24.5 Å². The Morgan fingerprint density at radius 3 is 2.93 bits per heavy atom. The molecule has 0 aromatic heterocycles. The van der Waals surface area contributed by atoms with Crippen LogP contribution in [0.2, 0.25) is 0 Å². The summed E-state index contributed by atoms with van der Waals surface area (Å²) < 4.78 is 5.26. The Morgan fingerprint density at radius 2 is 2.21 bits per heavy atom. The van der Waals surface area contributed by atoms with Gasteiger partial charge < -0.3 is 4.74 Å². The lowest BCUT2D eigenvalue weighted by molar-refractivity contribution is -0.348. The maximum absolute atomic E-state index is 5.26. The topological polar surface area (TPSA) is 27.7 Å². The highest BCUT2D eigenvalue weighted by Crippen LogP contribution is 2.32. The molecule has 1 atom stereocenters. The second-order valence-electron chi connectivity index (χ2n) is 3.29. The molecule has 1 saturated heterocycles. The molecule has 0 N–H and O–H groups in total. The Hall–Kier alpha value is -1.06. The van der Waals surface area contributed by atoms with Crippen LogP contribution in [0, 0.1) is 0 Å². The van der Waals surface area contributed by atoms with Gasteiger partial charge >= 0.3 is 0 Å². The molecule has 0 radical (unpaired) electrons. The lowest BCUT2D eigenvalue weighted by Crippen LogP contribution is -2.13. The first-order valence-electron chi connectivity index (χ1n) is 4.83. The molecule has 14 heavy (non-hydrogen) atoms. The number of para-hydroxylation sites is 1. The summed E-state index contributed by atoms with van der Waals surface area (Å²) >= 11 is 0. The summed E-state index contributed by atoms with van der Waals surface area (Å²) in [5.41, 5.74) is 1.06. The van der Waals surface area contributed by atoms with Crippen LogP contribution in [-0.2, 0) is 9.78 Å². The number of rotatable bonds is 2. The van der Waals surface area contributed by atoms with Gasteiger partial charge in [-0.15, -0.1) is 0 Å². The Bertz CT molecular complexity index is 292. The molecule has 1 aromatic carbocycles. The first-order chi connectivity index (χ1) is 6.92. The second kappa shape index (κ2) is 4.44. The Kier molecular flexibility index (Phi) is 3.01. The van der Waals surface area contributed by atoms with Crippen LogP contribution in [-0.4, -0.2) is 13.7 Å². The van der Waals surface area contributed by atoms with Crippen molar-refractivity contribution in [2.24, 2.45) is 0 Å². The summed E-state index contributed by atoms with van der Waals surface area (Å²) in [7, 11) is 1.67. The standard InChI is InChI=1S/C11H14O3/c1-12-10-6-3-2-5-9(10)11-7-4-8-13-14-11/h2-3,5-6,11H,4,7-8H2,1H3. The van der Waals surface area contributed by atoms with Crippen molar-refractivity contribution in [2.75, 3.05) is 13.7 Å². The van der Waals surface area contributed by atoms with E-state index in [1.165, 1.54) is 0 Å². The SMILES string of the molecule is COc1ccccc1C1CCCOO1. The summed E-state index contributed by atoms with van der Waals surface area (Å²) in [6.07, 6.45) is 2.03. The zero-order chi connectivity index (χ0) is 9.80. The molecule has 1 heterocycles. The van der Waals surface area contributed by atoms with Crippen molar-refractivity contribution in [3.63, 3.8) is 0 Å². The minimum atomic E-state index is 0.0138. The molecule has 3 heteroatoms. The van der Waals surface area contributed by atoms with Crippen molar-refractivity contribution in [1.29, 1.82) is 0 Å². The van der Waals surface area contributed by atoms with E-state index in [0.29, 0.717) is 6.61 Å². The van der Waals surface area contributed by atoms with Gasteiger partial charge in [0.15, 0.2) is 0 Å². The van der Waals surface area contributed by atoms with E-state index in [9.17, 15) is 0 Å². The third kappa shape index (κ3) is 1.89. The summed E-state index contributed by atoms with van der Waals surface area (Å²) in [6.45, 7) is 0.686. The largest absolute Gasteiger partial charge is 0.496 e. The molecule has 3 nitrogen and oxygen atoms in total. The maximum Gasteiger partial charge on any atom is 0.124 e. The summed E-state index contributed by atoms with van der Waals surface area (Å²) in [4.78, 5) is 10.2. The molecular weight excluding hydrogens is 180 g/mol. The molecule has 1 fully saturated rings. The molecule has 2 rings (SSSR count).